The molecule has 0 amide bonds. The van der Waals surface area contributed by atoms with Gasteiger partial charge in [-0.3, -0.25) is 0 Å². The van der Waals surface area contributed by atoms with Crippen LogP contribution in [0.4, 0.5) is 0 Å². The number of benzene rings is 1. The van der Waals surface area contributed by atoms with Gasteiger partial charge in [0.15, 0.2) is 11.5 Å². The Morgan fingerprint density at radius 2 is 2.26 bits per heavy atom. The zero-order valence-corrected chi connectivity index (χ0v) is 11.0. The van der Waals surface area contributed by atoms with Crippen LogP contribution in [0.25, 0.3) is 0 Å². The first-order valence-corrected chi connectivity index (χ1v) is 6.48. The first kappa shape index (κ1) is 13.7. The minimum atomic E-state index is -1.14. The molecule has 1 fully saturated rings. The minimum absolute atomic E-state index is 0.106. The number of hydrogen-bond acceptors (Lipinski definition) is 4. The van der Waals surface area contributed by atoms with E-state index in [0.717, 1.165) is 24.9 Å². The monoisotopic (exact) mass is 265 g/mol. The molecular formula is C14H19NO4. The van der Waals surface area contributed by atoms with Gasteiger partial charge in [0.05, 0.1) is 7.11 Å². The molecule has 0 saturated carbocycles. The smallest absolute Gasteiger partial charge is 0.339 e. The summed E-state index contributed by atoms with van der Waals surface area (Å²) in [5.74, 6) is -1.24. The van der Waals surface area contributed by atoms with Gasteiger partial charge >= 0.3 is 5.97 Å². The number of hydrogen-bond donors (Lipinski definition) is 3. The van der Waals surface area contributed by atoms with Crippen LogP contribution in [0.15, 0.2) is 12.1 Å². The van der Waals surface area contributed by atoms with Crippen LogP contribution in [0.5, 0.6) is 11.5 Å². The van der Waals surface area contributed by atoms with Crippen LogP contribution in [-0.2, 0) is 6.42 Å². The van der Waals surface area contributed by atoms with E-state index in [1.165, 1.54) is 26.0 Å². The number of nitrogens with one attached hydrogen (secondary N) is 1. The number of carbonyl (C=O) groups is 1. The van der Waals surface area contributed by atoms with E-state index in [2.05, 4.69) is 5.32 Å². The van der Waals surface area contributed by atoms with Crippen molar-refractivity contribution >= 4 is 5.97 Å². The van der Waals surface area contributed by atoms with Crippen molar-refractivity contribution in [3.8, 4) is 11.5 Å². The van der Waals surface area contributed by atoms with Crippen molar-refractivity contribution in [1.82, 2.24) is 5.32 Å². The van der Waals surface area contributed by atoms with E-state index in [-0.39, 0.29) is 17.1 Å². The van der Waals surface area contributed by atoms with E-state index in [1.54, 1.807) is 6.07 Å². The van der Waals surface area contributed by atoms with Gasteiger partial charge in [0.2, 0.25) is 0 Å². The molecule has 104 valence electrons. The van der Waals surface area contributed by atoms with Gasteiger partial charge in [-0.05, 0) is 43.5 Å². The van der Waals surface area contributed by atoms with Gasteiger partial charge in [0.25, 0.3) is 0 Å². The molecule has 1 aliphatic heterocycles. The molecule has 1 saturated heterocycles. The lowest BCUT2D eigenvalue weighted by Crippen LogP contribution is -2.35. The third-order valence-electron chi connectivity index (χ3n) is 3.48. The summed E-state index contributed by atoms with van der Waals surface area (Å²) in [6, 6.07) is 3.60. The molecule has 0 bridgehead atoms. The summed E-state index contributed by atoms with van der Waals surface area (Å²) in [5.41, 5.74) is 0.761. The zero-order valence-electron chi connectivity index (χ0n) is 11.0. The summed E-state index contributed by atoms with van der Waals surface area (Å²) in [4.78, 5) is 11.1. The van der Waals surface area contributed by atoms with Crippen LogP contribution in [0.2, 0.25) is 0 Å². The van der Waals surface area contributed by atoms with E-state index in [0.29, 0.717) is 6.04 Å². The molecule has 1 heterocycles. The maximum absolute atomic E-state index is 11.1. The molecule has 0 radical (unpaired) electrons. The summed E-state index contributed by atoms with van der Waals surface area (Å²) >= 11 is 0. The first-order chi connectivity index (χ1) is 9.11. The molecule has 5 heteroatoms. The maximum Gasteiger partial charge on any atom is 0.339 e. The molecule has 1 atom stereocenters. The molecular weight excluding hydrogens is 246 g/mol. The molecule has 1 unspecified atom stereocenters. The van der Waals surface area contributed by atoms with Crippen LogP contribution in [-0.4, -0.2) is 35.9 Å². The molecule has 0 aliphatic carbocycles. The predicted octanol–water partition coefficient (Wildman–Crippen LogP) is 1.78. The number of ether oxygens (including phenoxy) is 1. The molecule has 19 heavy (non-hydrogen) atoms. The van der Waals surface area contributed by atoms with Gasteiger partial charge < -0.3 is 20.3 Å². The van der Waals surface area contributed by atoms with Crippen LogP contribution in [0.3, 0.4) is 0 Å². The predicted molar refractivity (Wildman–Crippen MR) is 71.0 cm³/mol. The van der Waals surface area contributed by atoms with Crippen molar-refractivity contribution in [3.63, 3.8) is 0 Å². The number of rotatable bonds is 4. The van der Waals surface area contributed by atoms with Gasteiger partial charge in [-0.1, -0.05) is 6.42 Å². The van der Waals surface area contributed by atoms with Gasteiger partial charge in [-0.2, -0.15) is 0 Å². The summed E-state index contributed by atoms with van der Waals surface area (Å²) in [6.45, 7) is 1.01. The third-order valence-corrected chi connectivity index (χ3v) is 3.48. The van der Waals surface area contributed by atoms with E-state index in [1.807, 2.05) is 0 Å². The van der Waals surface area contributed by atoms with Crippen molar-refractivity contribution in [1.29, 1.82) is 0 Å². The third kappa shape index (κ3) is 3.17. The van der Waals surface area contributed by atoms with Crippen molar-refractivity contribution in [3.05, 3.63) is 23.3 Å². The molecule has 0 spiro atoms. The minimum Gasteiger partial charge on any atom is -0.504 e. The lowest BCUT2D eigenvalue weighted by molar-refractivity contribution is 0.0693. The number of phenols is 1. The maximum atomic E-state index is 11.1. The fourth-order valence-corrected chi connectivity index (χ4v) is 2.48. The van der Waals surface area contributed by atoms with Crippen LogP contribution < -0.4 is 10.1 Å². The molecule has 5 nitrogen and oxygen atoms in total. The Morgan fingerprint density at radius 3 is 2.84 bits per heavy atom. The summed E-state index contributed by atoms with van der Waals surface area (Å²) in [6.07, 6.45) is 4.22. The highest BCUT2D eigenvalue weighted by atomic mass is 16.5. The zero-order chi connectivity index (χ0) is 13.8. The van der Waals surface area contributed by atoms with Gasteiger partial charge in [-0.25, -0.2) is 4.79 Å². The van der Waals surface area contributed by atoms with Crippen molar-refractivity contribution in [2.45, 2.75) is 31.7 Å². The van der Waals surface area contributed by atoms with Crippen molar-refractivity contribution in [2.75, 3.05) is 13.7 Å². The average Bonchev–Trinajstić information content (AvgIpc) is 2.41. The van der Waals surface area contributed by atoms with Gasteiger partial charge in [-0.15, -0.1) is 0 Å². The van der Waals surface area contributed by atoms with Crippen LogP contribution in [0.1, 0.15) is 35.2 Å². The van der Waals surface area contributed by atoms with Crippen LogP contribution >= 0.6 is 0 Å². The lowest BCUT2D eigenvalue weighted by atomic mass is 9.96. The Labute approximate surface area is 112 Å². The molecule has 1 aliphatic rings. The highest BCUT2D eigenvalue weighted by molar-refractivity contribution is 5.92. The molecule has 3 N–H and O–H groups in total. The summed E-state index contributed by atoms with van der Waals surface area (Å²) in [7, 11) is 1.42. The number of aromatic hydroxyl groups is 1. The second-order valence-corrected chi connectivity index (χ2v) is 4.85. The largest absolute Gasteiger partial charge is 0.504 e. The van der Waals surface area contributed by atoms with Crippen molar-refractivity contribution in [2.24, 2.45) is 0 Å². The topological polar surface area (TPSA) is 78.8 Å². The van der Waals surface area contributed by atoms with Crippen LogP contribution in [0, 0.1) is 0 Å². The Bertz CT molecular complexity index is 467. The lowest BCUT2D eigenvalue weighted by Gasteiger charge is -2.23. The number of methoxy groups -OCH3 is 1. The number of carboxylic acids is 1. The first-order valence-electron chi connectivity index (χ1n) is 6.48. The standard InChI is InChI=1S/C14H19NO4/c1-19-12-8-9(6-10-4-2-3-5-15-10)7-11(13(12)16)14(17)18/h7-8,10,15-16H,2-6H2,1H3,(H,17,18). The van der Waals surface area contributed by atoms with Gasteiger partial charge in [0.1, 0.15) is 5.56 Å². The second kappa shape index (κ2) is 5.93. The molecule has 0 aromatic heterocycles. The number of carboxylic acid groups (broad SMARTS) is 1. The molecule has 2 rings (SSSR count). The Morgan fingerprint density at radius 1 is 1.47 bits per heavy atom. The van der Waals surface area contributed by atoms with E-state index >= 15 is 0 Å². The molecule has 1 aromatic carbocycles. The van der Waals surface area contributed by atoms with Gasteiger partial charge in [0, 0.05) is 6.04 Å². The fourth-order valence-electron chi connectivity index (χ4n) is 2.48. The number of aromatic carboxylic acids is 1. The van der Waals surface area contributed by atoms with E-state index in [4.69, 9.17) is 9.84 Å². The van der Waals surface area contributed by atoms with E-state index < -0.39 is 5.97 Å². The summed E-state index contributed by atoms with van der Waals surface area (Å²) in [5, 5.41) is 22.3. The Hall–Kier alpha value is -1.75. The SMILES string of the molecule is COc1cc(CC2CCCCN2)cc(C(=O)O)c1O. The number of piperidine rings is 1. The van der Waals surface area contributed by atoms with Crippen molar-refractivity contribution < 1.29 is 19.7 Å². The summed E-state index contributed by atoms with van der Waals surface area (Å²) < 4.78 is 5.03. The van der Waals surface area contributed by atoms with E-state index in [9.17, 15) is 9.90 Å². The quantitative estimate of drug-likeness (QED) is 0.773. The normalized spacial score (nSPS) is 19.1. The highest BCUT2D eigenvalue weighted by Crippen LogP contribution is 2.32. The Kier molecular flexibility index (Phi) is 4.27. The Balaban J connectivity index is 2.24. The fraction of sp³-hybridized carbons (Fsp3) is 0.500. The molecule has 1 aromatic rings. The average molecular weight is 265 g/mol. The highest BCUT2D eigenvalue weighted by Gasteiger charge is 2.19. The second-order valence-electron chi connectivity index (χ2n) is 4.85.